The molecule has 1 N–H and O–H groups in total. The minimum atomic E-state index is -4.38. The first-order chi connectivity index (χ1) is 9.90. The van der Waals surface area contributed by atoms with Crippen LogP contribution in [0, 0.1) is 0 Å². The van der Waals surface area contributed by atoms with Crippen LogP contribution >= 0.6 is 0 Å². The molecule has 0 aliphatic carbocycles. The van der Waals surface area contributed by atoms with Gasteiger partial charge in [0.15, 0.2) is 0 Å². The Balaban J connectivity index is 2.03. The number of hydrogen-bond acceptors (Lipinski definition) is 3. The zero-order valence-corrected chi connectivity index (χ0v) is 11.6. The lowest BCUT2D eigenvalue weighted by molar-refractivity contribution is -0.189. The van der Waals surface area contributed by atoms with Gasteiger partial charge in [-0.3, -0.25) is 10.2 Å². The molecule has 0 saturated carbocycles. The van der Waals surface area contributed by atoms with Crippen LogP contribution in [0.25, 0.3) is 0 Å². The molecule has 1 saturated heterocycles. The van der Waals surface area contributed by atoms with Crippen LogP contribution in [0.2, 0.25) is 0 Å². The number of alkyl halides is 3. The highest BCUT2D eigenvalue weighted by molar-refractivity contribution is 5.77. The number of benzene rings is 1. The van der Waals surface area contributed by atoms with Crippen LogP contribution in [0.5, 0.6) is 5.75 Å². The van der Waals surface area contributed by atoms with E-state index >= 15 is 0 Å². The maximum atomic E-state index is 13.1. The summed E-state index contributed by atoms with van der Waals surface area (Å²) in [6.07, 6.45) is -4.13. The largest absolute Gasteiger partial charge is 0.497 e. The molecule has 1 atom stereocenters. The number of amides is 1. The van der Waals surface area contributed by atoms with E-state index in [0.717, 1.165) is 10.6 Å². The summed E-state index contributed by atoms with van der Waals surface area (Å²) in [6, 6.07) is 5.30. The smallest absolute Gasteiger partial charge is 0.405 e. The molecule has 1 aliphatic heterocycles. The molecule has 0 unspecified atom stereocenters. The lowest BCUT2D eigenvalue weighted by Gasteiger charge is -2.28. The van der Waals surface area contributed by atoms with E-state index in [-0.39, 0.29) is 31.7 Å². The molecule has 7 heteroatoms. The summed E-state index contributed by atoms with van der Waals surface area (Å²) in [5, 5.41) is 0.989. The highest BCUT2D eigenvalue weighted by Crippen LogP contribution is 2.29. The Morgan fingerprint density at radius 3 is 2.76 bits per heavy atom. The third kappa shape index (κ3) is 4.10. The van der Waals surface area contributed by atoms with Gasteiger partial charge in [0.05, 0.1) is 7.11 Å². The number of rotatable bonds is 5. The third-order valence-corrected chi connectivity index (χ3v) is 3.44. The minimum Gasteiger partial charge on any atom is -0.497 e. The summed E-state index contributed by atoms with van der Waals surface area (Å²) >= 11 is 0. The van der Waals surface area contributed by atoms with Gasteiger partial charge in [0.25, 0.3) is 0 Å². The SMILES string of the molecule is COc1cccc(CC[C@H](N2CCC(=O)N2)C(F)(F)F)c1. The van der Waals surface area contributed by atoms with Crippen LogP contribution in [0.1, 0.15) is 18.4 Å². The van der Waals surface area contributed by atoms with Crippen molar-refractivity contribution in [1.82, 2.24) is 10.4 Å². The molecule has 4 nitrogen and oxygen atoms in total. The number of carbonyl (C=O) groups is 1. The fourth-order valence-electron chi connectivity index (χ4n) is 2.36. The predicted octanol–water partition coefficient (Wildman–Crippen LogP) is 2.30. The van der Waals surface area contributed by atoms with E-state index in [4.69, 9.17) is 4.74 Å². The number of nitrogens with one attached hydrogen (secondary N) is 1. The van der Waals surface area contributed by atoms with Crippen LogP contribution in [0.3, 0.4) is 0 Å². The van der Waals surface area contributed by atoms with Crippen molar-refractivity contribution >= 4 is 5.91 Å². The monoisotopic (exact) mass is 302 g/mol. The van der Waals surface area contributed by atoms with Gasteiger partial charge in [-0.1, -0.05) is 12.1 Å². The Bertz CT molecular complexity index is 505. The van der Waals surface area contributed by atoms with Crippen molar-refractivity contribution in [2.75, 3.05) is 13.7 Å². The van der Waals surface area contributed by atoms with Gasteiger partial charge in [-0.2, -0.15) is 13.2 Å². The summed E-state index contributed by atoms with van der Waals surface area (Å²) in [6.45, 7) is 0.0844. The van der Waals surface area contributed by atoms with E-state index in [1.54, 1.807) is 24.3 Å². The molecule has 1 aromatic carbocycles. The summed E-state index contributed by atoms with van der Waals surface area (Å²) in [7, 11) is 1.51. The Hall–Kier alpha value is -1.76. The first-order valence-corrected chi connectivity index (χ1v) is 6.66. The molecule has 0 spiro atoms. The molecule has 1 fully saturated rings. The Kier molecular flexibility index (Phi) is 4.72. The van der Waals surface area contributed by atoms with Crippen LogP contribution in [0.15, 0.2) is 24.3 Å². The Morgan fingerprint density at radius 1 is 1.43 bits per heavy atom. The van der Waals surface area contributed by atoms with Crippen molar-refractivity contribution in [3.05, 3.63) is 29.8 Å². The lowest BCUT2D eigenvalue weighted by Crippen LogP contribution is -2.50. The van der Waals surface area contributed by atoms with Crippen molar-refractivity contribution in [1.29, 1.82) is 0 Å². The highest BCUT2D eigenvalue weighted by Gasteiger charge is 2.45. The average molecular weight is 302 g/mol. The average Bonchev–Trinajstić information content (AvgIpc) is 2.84. The fraction of sp³-hybridized carbons (Fsp3) is 0.500. The maximum Gasteiger partial charge on any atom is 0.405 e. The summed E-state index contributed by atoms with van der Waals surface area (Å²) in [5.41, 5.74) is 3.04. The van der Waals surface area contributed by atoms with Gasteiger partial charge in [0.2, 0.25) is 5.91 Å². The quantitative estimate of drug-likeness (QED) is 0.907. The topological polar surface area (TPSA) is 41.6 Å². The van der Waals surface area contributed by atoms with Crippen molar-refractivity contribution in [3.8, 4) is 5.75 Å². The molecule has 21 heavy (non-hydrogen) atoms. The van der Waals surface area contributed by atoms with Gasteiger partial charge in [-0.15, -0.1) is 0 Å². The first-order valence-electron chi connectivity index (χ1n) is 6.66. The van der Waals surface area contributed by atoms with Gasteiger partial charge in [-0.05, 0) is 30.5 Å². The normalized spacial score (nSPS) is 17.6. The van der Waals surface area contributed by atoms with Crippen LogP contribution in [0.4, 0.5) is 13.2 Å². The number of hydrogen-bond donors (Lipinski definition) is 1. The van der Waals surface area contributed by atoms with Gasteiger partial charge in [0.1, 0.15) is 11.8 Å². The number of aryl methyl sites for hydroxylation is 1. The van der Waals surface area contributed by atoms with Crippen molar-refractivity contribution in [2.24, 2.45) is 0 Å². The van der Waals surface area contributed by atoms with E-state index in [2.05, 4.69) is 5.43 Å². The number of halogens is 3. The van der Waals surface area contributed by atoms with Crippen molar-refractivity contribution in [2.45, 2.75) is 31.5 Å². The molecule has 1 aromatic rings. The van der Waals surface area contributed by atoms with Gasteiger partial charge >= 0.3 is 6.18 Å². The molecule has 1 aliphatic rings. The fourth-order valence-corrected chi connectivity index (χ4v) is 2.36. The molecule has 0 aromatic heterocycles. The van der Waals surface area contributed by atoms with Crippen LogP contribution in [-0.2, 0) is 11.2 Å². The second kappa shape index (κ2) is 6.34. The molecular formula is C14H17F3N2O2. The zero-order valence-electron chi connectivity index (χ0n) is 11.6. The number of hydrazine groups is 1. The van der Waals surface area contributed by atoms with Gasteiger partial charge < -0.3 is 4.74 Å². The summed E-state index contributed by atoms with van der Waals surface area (Å²) in [4.78, 5) is 11.1. The van der Waals surface area contributed by atoms with Gasteiger partial charge in [0, 0.05) is 13.0 Å². The predicted molar refractivity (Wildman–Crippen MR) is 70.6 cm³/mol. The molecular weight excluding hydrogens is 285 g/mol. The Labute approximate surface area is 120 Å². The highest BCUT2D eigenvalue weighted by atomic mass is 19.4. The molecule has 116 valence electrons. The van der Waals surface area contributed by atoms with Crippen LogP contribution in [-0.4, -0.2) is 36.8 Å². The lowest BCUT2D eigenvalue weighted by atomic mass is 10.0. The summed E-state index contributed by atoms with van der Waals surface area (Å²) < 4.78 is 44.4. The van der Waals surface area contributed by atoms with E-state index in [1.807, 2.05) is 0 Å². The number of ether oxygens (including phenoxy) is 1. The zero-order chi connectivity index (χ0) is 15.5. The molecule has 0 bridgehead atoms. The van der Waals surface area contributed by atoms with Crippen molar-refractivity contribution < 1.29 is 22.7 Å². The van der Waals surface area contributed by atoms with Crippen molar-refractivity contribution in [3.63, 3.8) is 0 Å². The number of carbonyl (C=O) groups excluding carboxylic acids is 1. The van der Waals surface area contributed by atoms with E-state index in [9.17, 15) is 18.0 Å². The molecule has 1 amide bonds. The number of methoxy groups -OCH3 is 1. The number of nitrogens with zero attached hydrogens (tertiary/aromatic N) is 1. The van der Waals surface area contributed by atoms with Gasteiger partial charge in [-0.25, -0.2) is 5.01 Å². The Morgan fingerprint density at radius 2 is 2.19 bits per heavy atom. The van der Waals surface area contributed by atoms with Crippen LogP contribution < -0.4 is 10.2 Å². The molecule has 1 heterocycles. The minimum absolute atomic E-state index is 0.0844. The standard InChI is InChI=1S/C14H17F3N2O2/c1-21-11-4-2-3-10(9-11)5-6-12(14(15,16)17)19-8-7-13(20)18-19/h2-4,9,12H,5-8H2,1H3,(H,18,20)/t12-/m0/s1. The molecule has 2 rings (SSSR count). The van der Waals surface area contributed by atoms with E-state index in [0.29, 0.717) is 5.75 Å². The third-order valence-electron chi connectivity index (χ3n) is 3.44. The maximum absolute atomic E-state index is 13.1. The molecule has 0 radical (unpaired) electrons. The second-order valence-corrected chi connectivity index (χ2v) is 4.93. The van der Waals surface area contributed by atoms with E-state index < -0.39 is 12.2 Å². The second-order valence-electron chi connectivity index (χ2n) is 4.93. The van der Waals surface area contributed by atoms with E-state index in [1.165, 1.54) is 7.11 Å². The summed E-state index contributed by atoms with van der Waals surface area (Å²) in [5.74, 6) is 0.246. The first kappa shape index (κ1) is 15.6.